The van der Waals surface area contributed by atoms with E-state index >= 15 is 0 Å². The molecule has 1 N–H and O–H groups in total. The molecule has 1 aromatic heterocycles. The number of fused-ring (bicyclic) bond motifs is 1. The highest BCUT2D eigenvalue weighted by Crippen LogP contribution is 2.27. The van der Waals surface area contributed by atoms with Gasteiger partial charge in [0, 0.05) is 16.5 Å². The molecule has 4 nitrogen and oxygen atoms in total. The van der Waals surface area contributed by atoms with E-state index in [1.54, 1.807) is 7.11 Å². The molecule has 0 unspecified atom stereocenters. The summed E-state index contributed by atoms with van der Waals surface area (Å²) < 4.78 is 5.17. The quantitative estimate of drug-likeness (QED) is 0.542. The molecule has 128 valence electrons. The van der Waals surface area contributed by atoms with Gasteiger partial charge in [-0.2, -0.15) is 0 Å². The van der Waals surface area contributed by atoms with Crippen LogP contribution < -0.4 is 10.1 Å². The molecule has 0 saturated carbocycles. The number of methoxy groups -OCH3 is 1. The van der Waals surface area contributed by atoms with Gasteiger partial charge in [0.15, 0.2) is 5.13 Å². The maximum Gasteiger partial charge on any atom is 0.257 e. The highest BCUT2D eigenvalue weighted by Gasteiger charge is 2.10. The number of aromatic nitrogens is 1. The van der Waals surface area contributed by atoms with Gasteiger partial charge in [0.05, 0.1) is 12.8 Å². The summed E-state index contributed by atoms with van der Waals surface area (Å²) in [6.07, 6.45) is 0. The first-order valence-electron chi connectivity index (χ1n) is 8.13. The molecule has 1 heterocycles. The Kier molecular flexibility index (Phi) is 4.37. The molecule has 1 amide bonds. The van der Waals surface area contributed by atoms with Gasteiger partial charge in [-0.15, -0.1) is 11.3 Å². The number of ether oxygens (including phenoxy) is 1. The SMILES string of the molecule is COc1ccc(-c2csc(NC(=O)c3ccc4ccccc4c3)n2)cc1. The van der Waals surface area contributed by atoms with Crippen molar-refractivity contribution in [1.29, 1.82) is 0 Å². The zero-order valence-corrected chi connectivity index (χ0v) is 14.9. The monoisotopic (exact) mass is 360 g/mol. The van der Waals surface area contributed by atoms with Gasteiger partial charge in [0.1, 0.15) is 5.75 Å². The van der Waals surface area contributed by atoms with E-state index < -0.39 is 0 Å². The van der Waals surface area contributed by atoms with E-state index in [4.69, 9.17) is 4.74 Å². The predicted octanol–water partition coefficient (Wildman–Crippen LogP) is 5.22. The number of hydrogen-bond donors (Lipinski definition) is 1. The van der Waals surface area contributed by atoms with Gasteiger partial charge in [-0.1, -0.05) is 30.3 Å². The Morgan fingerprint density at radius 1 is 1.00 bits per heavy atom. The van der Waals surface area contributed by atoms with E-state index in [1.807, 2.05) is 72.1 Å². The third-order valence-corrected chi connectivity index (χ3v) is 4.88. The van der Waals surface area contributed by atoms with Gasteiger partial charge in [-0.3, -0.25) is 10.1 Å². The van der Waals surface area contributed by atoms with Gasteiger partial charge in [0.2, 0.25) is 0 Å². The zero-order valence-electron chi connectivity index (χ0n) is 14.1. The van der Waals surface area contributed by atoms with E-state index in [0.29, 0.717) is 10.7 Å². The van der Waals surface area contributed by atoms with Crippen LogP contribution in [0.15, 0.2) is 72.1 Å². The molecule has 0 radical (unpaired) electrons. The summed E-state index contributed by atoms with van der Waals surface area (Å²) in [5.41, 5.74) is 2.42. The normalized spacial score (nSPS) is 10.7. The first-order chi connectivity index (χ1) is 12.7. The van der Waals surface area contributed by atoms with Crippen molar-refractivity contribution in [2.45, 2.75) is 0 Å². The minimum absolute atomic E-state index is 0.161. The fraction of sp³-hybridized carbons (Fsp3) is 0.0476. The molecular formula is C21H16N2O2S. The van der Waals surface area contributed by atoms with E-state index in [1.165, 1.54) is 11.3 Å². The number of benzene rings is 3. The lowest BCUT2D eigenvalue weighted by molar-refractivity contribution is 0.102. The van der Waals surface area contributed by atoms with Crippen LogP contribution in [0.1, 0.15) is 10.4 Å². The first kappa shape index (κ1) is 16.3. The van der Waals surface area contributed by atoms with Gasteiger partial charge >= 0.3 is 0 Å². The Bertz CT molecular complexity index is 1070. The van der Waals surface area contributed by atoms with Crippen LogP contribution in [0.4, 0.5) is 5.13 Å². The van der Waals surface area contributed by atoms with Gasteiger partial charge in [-0.05, 0) is 47.2 Å². The van der Waals surface area contributed by atoms with Crippen LogP contribution in [0.3, 0.4) is 0 Å². The summed E-state index contributed by atoms with van der Waals surface area (Å²) in [7, 11) is 1.64. The molecule has 0 saturated heterocycles. The average molecular weight is 360 g/mol. The van der Waals surface area contributed by atoms with Crippen LogP contribution in [0.5, 0.6) is 5.75 Å². The highest BCUT2D eigenvalue weighted by molar-refractivity contribution is 7.14. The minimum Gasteiger partial charge on any atom is -0.497 e. The number of amides is 1. The van der Waals surface area contributed by atoms with Crippen LogP contribution in [0, 0.1) is 0 Å². The number of nitrogens with zero attached hydrogens (tertiary/aromatic N) is 1. The first-order valence-corrected chi connectivity index (χ1v) is 9.01. The molecule has 0 spiro atoms. The zero-order chi connectivity index (χ0) is 17.9. The van der Waals surface area contributed by atoms with Gasteiger partial charge in [0.25, 0.3) is 5.91 Å². The number of nitrogens with one attached hydrogen (secondary N) is 1. The molecular weight excluding hydrogens is 344 g/mol. The standard InChI is InChI=1S/C21H16N2O2S/c1-25-18-10-8-15(9-11-18)19-13-26-21(22-19)23-20(24)17-7-6-14-4-2-3-5-16(14)12-17/h2-13H,1H3,(H,22,23,24). The third kappa shape index (κ3) is 3.30. The lowest BCUT2D eigenvalue weighted by atomic mass is 10.1. The van der Waals surface area contributed by atoms with E-state index in [9.17, 15) is 4.79 Å². The molecule has 3 aromatic carbocycles. The van der Waals surface area contributed by atoms with E-state index in [-0.39, 0.29) is 5.91 Å². The van der Waals surface area contributed by atoms with Crippen molar-refractivity contribution in [2.24, 2.45) is 0 Å². The number of carbonyl (C=O) groups excluding carboxylic acids is 1. The van der Waals surface area contributed by atoms with Crippen molar-refractivity contribution in [3.63, 3.8) is 0 Å². The molecule has 0 bridgehead atoms. The van der Waals surface area contributed by atoms with Gasteiger partial charge in [-0.25, -0.2) is 4.98 Å². The second-order valence-electron chi connectivity index (χ2n) is 5.78. The Morgan fingerprint density at radius 2 is 1.77 bits per heavy atom. The number of hydrogen-bond acceptors (Lipinski definition) is 4. The molecule has 0 aliphatic rings. The van der Waals surface area contributed by atoms with Gasteiger partial charge < -0.3 is 4.74 Å². The fourth-order valence-corrected chi connectivity index (χ4v) is 3.44. The summed E-state index contributed by atoms with van der Waals surface area (Å²) in [5, 5.41) is 7.54. The fourth-order valence-electron chi connectivity index (χ4n) is 2.73. The number of rotatable bonds is 4. The summed E-state index contributed by atoms with van der Waals surface area (Å²) in [6.45, 7) is 0. The van der Waals surface area contributed by atoms with Crippen molar-refractivity contribution in [1.82, 2.24) is 4.98 Å². The second kappa shape index (κ2) is 6.98. The van der Waals surface area contributed by atoms with E-state index in [0.717, 1.165) is 27.8 Å². The van der Waals surface area contributed by atoms with Crippen LogP contribution >= 0.6 is 11.3 Å². The molecule has 0 atom stereocenters. The van der Waals surface area contributed by atoms with Crippen LogP contribution in [-0.2, 0) is 0 Å². The topological polar surface area (TPSA) is 51.2 Å². The largest absolute Gasteiger partial charge is 0.497 e. The van der Waals surface area contributed by atoms with Crippen LogP contribution in [0.2, 0.25) is 0 Å². The summed E-state index contributed by atoms with van der Waals surface area (Å²) in [4.78, 5) is 17.0. The number of carbonyl (C=O) groups is 1. The van der Waals surface area contributed by atoms with Crippen molar-refractivity contribution in [3.05, 3.63) is 77.7 Å². The Balaban J connectivity index is 1.53. The van der Waals surface area contributed by atoms with E-state index in [2.05, 4.69) is 10.3 Å². The summed E-state index contributed by atoms with van der Waals surface area (Å²) >= 11 is 1.41. The molecule has 0 fully saturated rings. The lowest BCUT2D eigenvalue weighted by Crippen LogP contribution is -2.11. The Morgan fingerprint density at radius 3 is 2.54 bits per heavy atom. The second-order valence-corrected chi connectivity index (χ2v) is 6.64. The predicted molar refractivity (Wildman–Crippen MR) is 106 cm³/mol. The number of anilines is 1. The minimum atomic E-state index is -0.161. The van der Waals surface area contributed by atoms with Crippen molar-refractivity contribution in [2.75, 3.05) is 12.4 Å². The average Bonchev–Trinajstić information content (AvgIpc) is 3.16. The Hall–Kier alpha value is -3.18. The molecule has 0 aliphatic heterocycles. The Labute approximate surface area is 155 Å². The molecule has 4 rings (SSSR count). The molecule has 26 heavy (non-hydrogen) atoms. The van der Waals surface area contributed by atoms with Crippen molar-refractivity contribution in [3.8, 4) is 17.0 Å². The number of thiazole rings is 1. The molecule has 0 aliphatic carbocycles. The van der Waals surface area contributed by atoms with Crippen molar-refractivity contribution >= 4 is 33.1 Å². The van der Waals surface area contributed by atoms with Crippen LogP contribution in [0.25, 0.3) is 22.0 Å². The maximum absolute atomic E-state index is 12.5. The highest BCUT2D eigenvalue weighted by atomic mass is 32.1. The van der Waals surface area contributed by atoms with Crippen LogP contribution in [-0.4, -0.2) is 18.0 Å². The summed E-state index contributed by atoms with van der Waals surface area (Å²) in [6, 6.07) is 21.3. The maximum atomic E-state index is 12.5. The molecule has 4 aromatic rings. The molecule has 5 heteroatoms. The van der Waals surface area contributed by atoms with Crippen molar-refractivity contribution < 1.29 is 9.53 Å². The smallest absolute Gasteiger partial charge is 0.257 e. The summed E-state index contributed by atoms with van der Waals surface area (Å²) in [5.74, 6) is 0.639. The third-order valence-electron chi connectivity index (χ3n) is 4.12. The lowest BCUT2D eigenvalue weighted by Gasteiger charge is -2.04.